The van der Waals surface area contributed by atoms with Crippen LogP contribution in [-0.2, 0) is 0 Å². The molecule has 2 heterocycles. The number of aromatic nitrogens is 1. The lowest BCUT2D eigenvalue weighted by Gasteiger charge is -2.36. The lowest BCUT2D eigenvalue weighted by molar-refractivity contribution is 0.647. The molecule has 1 aliphatic rings. The van der Waals surface area contributed by atoms with Crippen molar-refractivity contribution >= 4 is 27.4 Å². The maximum absolute atomic E-state index is 8.93. The zero-order valence-electron chi connectivity index (χ0n) is 11.5. The Morgan fingerprint density at radius 2 is 1.71 bits per heavy atom. The van der Waals surface area contributed by atoms with Gasteiger partial charge in [0.05, 0.1) is 0 Å². The number of anilines is 2. The third-order valence-corrected chi connectivity index (χ3v) is 4.12. The first-order valence-corrected chi connectivity index (χ1v) is 7.68. The molecule has 1 aromatic heterocycles. The number of rotatable bonds is 2. The van der Waals surface area contributed by atoms with Crippen molar-refractivity contribution in [3.8, 4) is 6.07 Å². The van der Waals surface area contributed by atoms with Crippen LogP contribution in [0.3, 0.4) is 0 Å². The lowest BCUT2D eigenvalue weighted by Crippen LogP contribution is -2.46. The van der Waals surface area contributed by atoms with Gasteiger partial charge in [-0.3, -0.25) is 0 Å². The Morgan fingerprint density at radius 1 is 1.00 bits per heavy atom. The molecule has 0 atom stereocenters. The number of piperazine rings is 1. The van der Waals surface area contributed by atoms with Gasteiger partial charge in [-0.1, -0.05) is 28.1 Å². The molecule has 3 rings (SSSR count). The van der Waals surface area contributed by atoms with Gasteiger partial charge in [-0.05, 0) is 30.3 Å². The quantitative estimate of drug-likeness (QED) is 0.841. The summed E-state index contributed by atoms with van der Waals surface area (Å²) in [7, 11) is 0. The fourth-order valence-electron chi connectivity index (χ4n) is 2.53. The van der Waals surface area contributed by atoms with E-state index in [1.54, 1.807) is 6.07 Å². The summed E-state index contributed by atoms with van der Waals surface area (Å²) in [6, 6.07) is 16.1. The van der Waals surface area contributed by atoms with Crippen LogP contribution in [-0.4, -0.2) is 31.2 Å². The van der Waals surface area contributed by atoms with Crippen molar-refractivity contribution in [3.63, 3.8) is 0 Å². The Bertz CT molecular complexity index is 672. The average Bonchev–Trinajstić information content (AvgIpc) is 2.55. The molecule has 0 aliphatic carbocycles. The monoisotopic (exact) mass is 342 g/mol. The molecule has 0 saturated carbocycles. The van der Waals surface area contributed by atoms with Gasteiger partial charge in [-0.2, -0.15) is 5.26 Å². The smallest absolute Gasteiger partial charge is 0.142 e. The first-order chi connectivity index (χ1) is 10.3. The Balaban J connectivity index is 1.69. The van der Waals surface area contributed by atoms with E-state index < -0.39 is 0 Å². The van der Waals surface area contributed by atoms with Crippen LogP contribution >= 0.6 is 15.9 Å². The van der Waals surface area contributed by atoms with Gasteiger partial charge in [0.2, 0.25) is 0 Å². The third kappa shape index (κ3) is 3.17. The Kier molecular flexibility index (Phi) is 4.07. The third-order valence-electron chi connectivity index (χ3n) is 3.63. The molecule has 0 bridgehead atoms. The molecule has 1 aliphatic heterocycles. The van der Waals surface area contributed by atoms with Gasteiger partial charge in [0.15, 0.2) is 0 Å². The number of pyridine rings is 1. The van der Waals surface area contributed by atoms with Crippen molar-refractivity contribution in [2.24, 2.45) is 0 Å². The van der Waals surface area contributed by atoms with Crippen LogP contribution in [0.25, 0.3) is 0 Å². The Morgan fingerprint density at radius 3 is 2.43 bits per heavy atom. The standard InChI is InChI=1S/C16H15BrN4/c17-13-3-1-5-15(11-13)20-7-9-21(10-8-20)16-6-2-4-14(12-18)19-16/h1-6,11H,7-10H2. The molecule has 4 nitrogen and oxygen atoms in total. The SMILES string of the molecule is N#Cc1cccc(N2CCN(c3cccc(Br)c3)CC2)n1. The van der Waals surface area contributed by atoms with E-state index in [2.05, 4.69) is 55.0 Å². The van der Waals surface area contributed by atoms with E-state index in [-0.39, 0.29) is 0 Å². The van der Waals surface area contributed by atoms with Crippen LogP contribution in [0, 0.1) is 11.3 Å². The molecule has 0 unspecified atom stereocenters. The molecule has 0 amide bonds. The van der Waals surface area contributed by atoms with Crippen molar-refractivity contribution in [2.45, 2.75) is 0 Å². The van der Waals surface area contributed by atoms with Crippen LogP contribution in [0.2, 0.25) is 0 Å². The number of hydrogen-bond acceptors (Lipinski definition) is 4. The summed E-state index contributed by atoms with van der Waals surface area (Å²) in [6.45, 7) is 3.73. The molecule has 5 heteroatoms. The molecule has 1 saturated heterocycles. The molecular formula is C16H15BrN4. The topological polar surface area (TPSA) is 43.2 Å². The summed E-state index contributed by atoms with van der Waals surface area (Å²) in [6.07, 6.45) is 0. The van der Waals surface area contributed by atoms with E-state index in [0.29, 0.717) is 5.69 Å². The first kappa shape index (κ1) is 13.9. The number of halogens is 1. The lowest BCUT2D eigenvalue weighted by atomic mass is 10.2. The molecule has 0 N–H and O–H groups in total. The van der Waals surface area contributed by atoms with Gasteiger partial charge in [-0.15, -0.1) is 0 Å². The van der Waals surface area contributed by atoms with E-state index in [0.717, 1.165) is 36.5 Å². The largest absolute Gasteiger partial charge is 0.368 e. The molecule has 0 spiro atoms. The van der Waals surface area contributed by atoms with E-state index in [1.165, 1.54) is 5.69 Å². The molecule has 21 heavy (non-hydrogen) atoms. The summed E-state index contributed by atoms with van der Waals surface area (Å²) < 4.78 is 1.10. The van der Waals surface area contributed by atoms with Gasteiger partial charge in [0.25, 0.3) is 0 Å². The number of benzene rings is 1. The Hall–Kier alpha value is -2.06. The summed E-state index contributed by atoms with van der Waals surface area (Å²) in [5, 5.41) is 8.93. The highest BCUT2D eigenvalue weighted by molar-refractivity contribution is 9.10. The normalized spacial score (nSPS) is 14.9. The number of hydrogen-bond donors (Lipinski definition) is 0. The van der Waals surface area contributed by atoms with Crippen molar-refractivity contribution < 1.29 is 0 Å². The van der Waals surface area contributed by atoms with Crippen LogP contribution in [0.15, 0.2) is 46.9 Å². The van der Waals surface area contributed by atoms with Gasteiger partial charge in [-0.25, -0.2) is 4.98 Å². The van der Waals surface area contributed by atoms with Gasteiger partial charge in [0.1, 0.15) is 17.6 Å². The highest BCUT2D eigenvalue weighted by Crippen LogP contribution is 2.22. The van der Waals surface area contributed by atoms with Crippen molar-refractivity contribution in [1.29, 1.82) is 5.26 Å². The molecule has 1 fully saturated rings. The van der Waals surface area contributed by atoms with Crippen LogP contribution in [0.1, 0.15) is 5.69 Å². The van der Waals surface area contributed by atoms with Crippen LogP contribution < -0.4 is 9.80 Å². The van der Waals surface area contributed by atoms with E-state index >= 15 is 0 Å². The van der Waals surface area contributed by atoms with Crippen molar-refractivity contribution in [1.82, 2.24) is 4.98 Å². The maximum Gasteiger partial charge on any atom is 0.142 e. The second kappa shape index (κ2) is 6.15. The second-order valence-electron chi connectivity index (χ2n) is 4.95. The van der Waals surface area contributed by atoms with Gasteiger partial charge < -0.3 is 9.80 Å². The van der Waals surface area contributed by atoms with Gasteiger partial charge >= 0.3 is 0 Å². The maximum atomic E-state index is 8.93. The molecule has 2 aromatic rings. The summed E-state index contributed by atoms with van der Waals surface area (Å²) in [4.78, 5) is 8.97. The fourth-order valence-corrected chi connectivity index (χ4v) is 2.92. The number of nitriles is 1. The predicted molar refractivity (Wildman–Crippen MR) is 87.5 cm³/mol. The van der Waals surface area contributed by atoms with E-state index in [9.17, 15) is 0 Å². The van der Waals surface area contributed by atoms with E-state index in [1.807, 2.05) is 18.2 Å². The summed E-state index contributed by atoms with van der Waals surface area (Å²) >= 11 is 3.52. The van der Waals surface area contributed by atoms with Crippen LogP contribution in [0.4, 0.5) is 11.5 Å². The first-order valence-electron chi connectivity index (χ1n) is 6.89. The highest BCUT2D eigenvalue weighted by Gasteiger charge is 2.18. The molecular weight excluding hydrogens is 328 g/mol. The highest BCUT2D eigenvalue weighted by atomic mass is 79.9. The van der Waals surface area contributed by atoms with E-state index in [4.69, 9.17) is 5.26 Å². The van der Waals surface area contributed by atoms with Gasteiger partial charge in [0, 0.05) is 36.3 Å². The molecule has 0 radical (unpaired) electrons. The summed E-state index contributed by atoms with van der Waals surface area (Å²) in [5.41, 5.74) is 1.71. The Labute approximate surface area is 132 Å². The zero-order chi connectivity index (χ0) is 14.7. The molecule has 106 valence electrons. The molecule has 1 aromatic carbocycles. The minimum Gasteiger partial charge on any atom is -0.368 e. The summed E-state index contributed by atoms with van der Waals surface area (Å²) in [5.74, 6) is 0.892. The van der Waals surface area contributed by atoms with Crippen LogP contribution in [0.5, 0.6) is 0 Å². The fraction of sp³-hybridized carbons (Fsp3) is 0.250. The number of nitrogens with zero attached hydrogens (tertiary/aromatic N) is 4. The average molecular weight is 343 g/mol. The zero-order valence-corrected chi connectivity index (χ0v) is 13.1. The van der Waals surface area contributed by atoms with Crippen molar-refractivity contribution in [2.75, 3.05) is 36.0 Å². The minimum absolute atomic E-state index is 0.474. The minimum atomic E-state index is 0.474. The predicted octanol–water partition coefficient (Wildman–Crippen LogP) is 3.04. The van der Waals surface area contributed by atoms with Crippen molar-refractivity contribution in [3.05, 3.63) is 52.6 Å². The second-order valence-corrected chi connectivity index (χ2v) is 5.86.